The highest BCUT2D eigenvalue weighted by Gasteiger charge is 1.83. The third-order valence-corrected chi connectivity index (χ3v) is 0.760. The van der Waals surface area contributed by atoms with Gasteiger partial charge in [0.1, 0.15) is 0 Å². The molecule has 0 saturated heterocycles. The van der Waals surface area contributed by atoms with E-state index in [2.05, 4.69) is 0 Å². The number of hydrogen-bond donors (Lipinski definition) is 0. The summed E-state index contributed by atoms with van der Waals surface area (Å²) in [5.41, 5.74) is 0. The monoisotopic (exact) mass is 120 g/mol. The summed E-state index contributed by atoms with van der Waals surface area (Å²) < 4.78 is 9.46. The van der Waals surface area contributed by atoms with Crippen molar-refractivity contribution < 1.29 is 14.5 Å². The van der Waals surface area contributed by atoms with Gasteiger partial charge in [-0.1, -0.05) is 0 Å². The summed E-state index contributed by atoms with van der Waals surface area (Å²) in [7, 11) is 0. The summed E-state index contributed by atoms with van der Waals surface area (Å²) in [5.74, 6) is -1.06. The van der Waals surface area contributed by atoms with Crippen molar-refractivity contribution in [2.24, 2.45) is 0 Å². The van der Waals surface area contributed by atoms with Crippen molar-refractivity contribution in [2.75, 3.05) is 5.75 Å². The van der Waals surface area contributed by atoms with Gasteiger partial charge >= 0.3 is 0 Å². The van der Waals surface area contributed by atoms with Crippen molar-refractivity contribution in [1.29, 1.82) is 0 Å². The molecule has 41 valence electrons. The molecule has 0 rings (SSSR count). The second-order valence-corrected chi connectivity index (χ2v) is 1.59. The predicted molar refractivity (Wildman–Crippen MR) is 22.8 cm³/mol. The number of carboxylic acids is 1. The Labute approximate surface area is 45.6 Å². The maximum absolute atomic E-state index is 9.49. The van der Waals surface area contributed by atoms with E-state index in [1.165, 1.54) is 0 Å². The Morgan fingerprint density at radius 1 is 1.71 bits per heavy atom. The highest BCUT2D eigenvalue weighted by Crippen LogP contribution is 1.93. The molecule has 0 bridgehead atoms. The largest absolute Gasteiger partial charge is 0.550 e. The summed E-state index contributed by atoms with van der Waals surface area (Å²) in [6.07, 6.45) is -0.145. The predicted octanol–water partition coefficient (Wildman–Crippen LogP) is -0.795. The minimum absolute atomic E-state index is 0.0995. The van der Waals surface area contributed by atoms with E-state index in [-0.39, 0.29) is 24.2 Å². The van der Waals surface area contributed by atoms with Gasteiger partial charge in [0.15, 0.2) is 0 Å². The van der Waals surface area contributed by atoms with Crippen LogP contribution in [0.1, 0.15) is 6.42 Å². The fourth-order valence-corrected chi connectivity index (χ4v) is 0.375. The third-order valence-electron chi connectivity index (χ3n) is 0.390. The van der Waals surface area contributed by atoms with Crippen LogP contribution in [0.5, 0.6) is 0 Å². The zero-order chi connectivity index (χ0) is 5.70. The van der Waals surface area contributed by atoms with E-state index < -0.39 is 5.97 Å². The molecule has 0 fully saturated rings. The first-order valence-corrected chi connectivity index (χ1v) is 2.63. The number of carbonyl (C=O) groups excluding carboxylic acids is 1. The first-order valence-electron chi connectivity index (χ1n) is 1.72. The Kier molecular flexibility index (Phi) is 3.83. The average Bonchev–Trinajstić information content (AvgIpc) is 1.61. The van der Waals surface area contributed by atoms with Crippen LogP contribution in [0, 0.1) is 0 Å². The minimum atomic E-state index is -1.16. The van der Waals surface area contributed by atoms with Crippen LogP contribution in [0.4, 0.5) is 0 Å². The molecule has 0 amide bonds. The second kappa shape index (κ2) is 3.95. The van der Waals surface area contributed by atoms with E-state index in [1.54, 1.807) is 0 Å². The summed E-state index contributed by atoms with van der Waals surface area (Å²) in [6, 6.07) is 0. The molecule has 0 aliphatic rings. The lowest BCUT2D eigenvalue weighted by Crippen LogP contribution is -2.22. The van der Waals surface area contributed by atoms with Gasteiger partial charge in [-0.25, -0.2) is 0 Å². The van der Waals surface area contributed by atoms with Gasteiger partial charge in [-0.05, 0) is 6.42 Å². The molecule has 0 saturated carbocycles. The lowest BCUT2D eigenvalue weighted by atomic mass is 10.5. The summed E-state index contributed by atoms with van der Waals surface area (Å²) in [5, 5.41) is 9.49. The van der Waals surface area contributed by atoms with Crippen LogP contribution in [0.15, 0.2) is 0 Å². The number of carbonyl (C=O) groups is 1. The Balaban J connectivity index is 2.82. The smallest absolute Gasteiger partial charge is 0.0423 e. The van der Waals surface area contributed by atoms with Crippen molar-refractivity contribution >= 4 is 18.0 Å². The van der Waals surface area contributed by atoms with Crippen molar-refractivity contribution in [1.82, 2.24) is 0 Å². The molecule has 0 atom stereocenters. The molecule has 0 aromatic heterocycles. The summed E-state index contributed by atoms with van der Waals surface area (Å²) >= 11 is 0.259. The maximum atomic E-state index is 9.49. The SMILES string of the molecule is [O]SCCC(=O)[O-]. The molecular weight excluding hydrogens is 116 g/mol. The van der Waals surface area contributed by atoms with Crippen molar-refractivity contribution in [3.8, 4) is 0 Å². The summed E-state index contributed by atoms with van der Waals surface area (Å²) in [6.45, 7) is 0. The second-order valence-electron chi connectivity index (χ2n) is 0.944. The molecule has 7 heavy (non-hydrogen) atoms. The zero-order valence-corrected chi connectivity index (χ0v) is 4.36. The van der Waals surface area contributed by atoms with E-state index in [0.717, 1.165) is 0 Å². The normalized spacial score (nSPS) is 8.71. The summed E-state index contributed by atoms with van der Waals surface area (Å²) in [4.78, 5) is 9.49. The van der Waals surface area contributed by atoms with Crippen LogP contribution in [0.2, 0.25) is 0 Å². The molecule has 0 aromatic carbocycles. The average molecular weight is 120 g/mol. The molecule has 0 N–H and O–H groups in total. The van der Waals surface area contributed by atoms with E-state index in [0.29, 0.717) is 0 Å². The maximum Gasteiger partial charge on any atom is 0.0423 e. The quantitative estimate of drug-likeness (QED) is 0.458. The highest BCUT2D eigenvalue weighted by atomic mass is 32.2. The Morgan fingerprint density at radius 2 is 2.29 bits per heavy atom. The number of hydrogen-bond acceptors (Lipinski definition) is 3. The van der Waals surface area contributed by atoms with Crippen LogP contribution < -0.4 is 5.11 Å². The van der Waals surface area contributed by atoms with E-state index >= 15 is 0 Å². The molecule has 3 nitrogen and oxygen atoms in total. The van der Waals surface area contributed by atoms with Gasteiger partial charge in [0, 0.05) is 23.8 Å². The van der Waals surface area contributed by atoms with Crippen LogP contribution in [0.25, 0.3) is 0 Å². The molecular formula is C3H4O3S-. The lowest BCUT2D eigenvalue weighted by molar-refractivity contribution is -0.305. The Morgan fingerprint density at radius 3 is 2.43 bits per heavy atom. The molecule has 0 spiro atoms. The number of carboxylic acid groups (broad SMARTS) is 1. The zero-order valence-electron chi connectivity index (χ0n) is 3.55. The molecule has 0 heterocycles. The minimum Gasteiger partial charge on any atom is -0.550 e. The third kappa shape index (κ3) is 5.78. The van der Waals surface area contributed by atoms with E-state index in [4.69, 9.17) is 0 Å². The van der Waals surface area contributed by atoms with Gasteiger partial charge in [0.25, 0.3) is 0 Å². The molecule has 1 radical (unpaired) electrons. The number of rotatable bonds is 3. The Hall–Kier alpha value is -0.220. The topological polar surface area (TPSA) is 60.0 Å². The van der Waals surface area contributed by atoms with Gasteiger partial charge in [-0.3, -0.25) is 0 Å². The fraction of sp³-hybridized carbons (Fsp3) is 0.667. The molecule has 0 aromatic rings. The Bertz CT molecular complexity index is 63.2. The molecule has 4 heteroatoms. The lowest BCUT2D eigenvalue weighted by Gasteiger charge is -1.93. The van der Waals surface area contributed by atoms with Crippen LogP contribution >= 0.6 is 12.0 Å². The fourth-order valence-electron chi connectivity index (χ4n) is 0.125. The standard InChI is InChI=1S/C3H5O3S/c4-3(5)1-2-7-6/h1-2H2,(H,4,5)/p-1. The molecule has 0 aliphatic heterocycles. The van der Waals surface area contributed by atoms with E-state index in [1.807, 2.05) is 0 Å². The van der Waals surface area contributed by atoms with Gasteiger partial charge in [-0.2, -0.15) is 4.55 Å². The van der Waals surface area contributed by atoms with Crippen molar-refractivity contribution in [3.63, 3.8) is 0 Å². The van der Waals surface area contributed by atoms with Crippen LogP contribution in [0.3, 0.4) is 0 Å². The molecule has 0 unspecified atom stereocenters. The van der Waals surface area contributed by atoms with Gasteiger partial charge < -0.3 is 9.90 Å². The van der Waals surface area contributed by atoms with E-state index in [9.17, 15) is 14.5 Å². The number of aliphatic carboxylic acids is 1. The molecule has 0 aliphatic carbocycles. The van der Waals surface area contributed by atoms with Gasteiger partial charge in [-0.15, -0.1) is 0 Å². The first kappa shape index (κ1) is 6.78. The van der Waals surface area contributed by atoms with Crippen molar-refractivity contribution in [3.05, 3.63) is 0 Å². The van der Waals surface area contributed by atoms with Crippen LogP contribution in [-0.4, -0.2) is 11.7 Å². The van der Waals surface area contributed by atoms with Gasteiger partial charge in [0.2, 0.25) is 0 Å². The highest BCUT2D eigenvalue weighted by molar-refractivity contribution is 7.93. The first-order chi connectivity index (χ1) is 3.27. The van der Waals surface area contributed by atoms with Crippen molar-refractivity contribution in [2.45, 2.75) is 6.42 Å². The van der Waals surface area contributed by atoms with Crippen LogP contribution in [-0.2, 0) is 9.35 Å². The van der Waals surface area contributed by atoms with Gasteiger partial charge in [0.05, 0.1) is 0 Å².